The smallest absolute Gasteiger partial charge is 0.334 e. The van der Waals surface area contributed by atoms with Crippen LogP contribution in [0.5, 0.6) is 0 Å². The average molecular weight is 187 g/mol. The monoisotopic (exact) mass is 187 g/mol. The maximum atomic E-state index is 11.0. The minimum absolute atomic E-state index is 0.155. The molecule has 1 N–H and O–H groups in total. The first-order valence-corrected chi connectivity index (χ1v) is 4.68. The van der Waals surface area contributed by atoms with Gasteiger partial charge in [-0.3, -0.25) is 0 Å². The lowest BCUT2D eigenvalue weighted by molar-refractivity contribution is -0.157. The van der Waals surface area contributed by atoms with Crippen LogP contribution in [-0.2, 0) is 14.3 Å². The zero-order chi connectivity index (χ0) is 9.68. The van der Waals surface area contributed by atoms with E-state index in [1.54, 1.807) is 6.92 Å². The molecule has 13 heavy (non-hydrogen) atoms. The van der Waals surface area contributed by atoms with Crippen LogP contribution >= 0.6 is 0 Å². The van der Waals surface area contributed by atoms with Gasteiger partial charge >= 0.3 is 5.97 Å². The highest BCUT2D eigenvalue weighted by Gasteiger charge is 2.20. The Balaban J connectivity index is 2.25. The quantitative estimate of drug-likeness (QED) is 0.646. The van der Waals surface area contributed by atoms with Gasteiger partial charge in [0.15, 0.2) is 6.10 Å². The molecule has 2 unspecified atom stereocenters. The van der Waals surface area contributed by atoms with Gasteiger partial charge in [-0.05, 0) is 26.3 Å². The van der Waals surface area contributed by atoms with E-state index < -0.39 is 6.10 Å². The van der Waals surface area contributed by atoms with Gasteiger partial charge in [0, 0.05) is 6.54 Å². The molecule has 2 atom stereocenters. The first kappa shape index (κ1) is 10.5. The van der Waals surface area contributed by atoms with E-state index in [0.717, 1.165) is 25.9 Å². The van der Waals surface area contributed by atoms with Gasteiger partial charge in [-0.1, -0.05) is 0 Å². The van der Waals surface area contributed by atoms with Crippen molar-refractivity contribution in [2.24, 2.45) is 0 Å². The summed E-state index contributed by atoms with van der Waals surface area (Å²) in [7, 11) is 1.38. The zero-order valence-electron chi connectivity index (χ0n) is 8.21. The second-order valence-electron chi connectivity index (χ2n) is 3.27. The van der Waals surface area contributed by atoms with Gasteiger partial charge in [-0.15, -0.1) is 0 Å². The number of carbonyl (C=O) groups is 1. The van der Waals surface area contributed by atoms with E-state index in [0.29, 0.717) is 0 Å². The summed E-state index contributed by atoms with van der Waals surface area (Å²) in [5.41, 5.74) is 0. The Kier molecular flexibility index (Phi) is 4.18. The zero-order valence-corrected chi connectivity index (χ0v) is 8.21. The van der Waals surface area contributed by atoms with Crippen molar-refractivity contribution in [3.63, 3.8) is 0 Å². The van der Waals surface area contributed by atoms with Crippen LogP contribution in [0.4, 0.5) is 0 Å². The van der Waals surface area contributed by atoms with Crippen LogP contribution in [-0.4, -0.2) is 38.4 Å². The Morgan fingerprint density at radius 3 is 2.92 bits per heavy atom. The molecule has 0 aromatic carbocycles. The first-order chi connectivity index (χ1) is 6.24. The molecule has 4 heteroatoms. The lowest BCUT2D eigenvalue weighted by Crippen LogP contribution is -2.39. The Hall–Kier alpha value is -0.610. The van der Waals surface area contributed by atoms with Crippen molar-refractivity contribution < 1.29 is 14.3 Å². The summed E-state index contributed by atoms with van der Waals surface area (Å²) >= 11 is 0. The largest absolute Gasteiger partial charge is 0.467 e. The van der Waals surface area contributed by atoms with Crippen molar-refractivity contribution in [2.45, 2.75) is 32.0 Å². The highest BCUT2D eigenvalue weighted by molar-refractivity contribution is 5.73. The molecule has 0 aliphatic carbocycles. The summed E-state index contributed by atoms with van der Waals surface area (Å²) in [6, 6.07) is 0. The molecule has 1 saturated heterocycles. The second-order valence-corrected chi connectivity index (χ2v) is 3.27. The Bertz CT molecular complexity index is 166. The van der Waals surface area contributed by atoms with Crippen molar-refractivity contribution in [2.75, 3.05) is 20.2 Å². The van der Waals surface area contributed by atoms with Crippen LogP contribution in [0.3, 0.4) is 0 Å². The predicted molar refractivity (Wildman–Crippen MR) is 48.5 cm³/mol. The molecule has 4 nitrogen and oxygen atoms in total. The molecule has 0 aromatic heterocycles. The van der Waals surface area contributed by atoms with Crippen LogP contribution < -0.4 is 5.32 Å². The lowest BCUT2D eigenvalue weighted by Gasteiger charge is -2.25. The molecule has 0 saturated carbocycles. The molecule has 1 fully saturated rings. The normalized spacial score (nSPS) is 25.2. The lowest BCUT2D eigenvalue weighted by atomic mass is 10.1. The van der Waals surface area contributed by atoms with Crippen molar-refractivity contribution in [3.8, 4) is 0 Å². The van der Waals surface area contributed by atoms with Gasteiger partial charge < -0.3 is 14.8 Å². The number of rotatable bonds is 3. The molecule has 0 spiro atoms. The van der Waals surface area contributed by atoms with Crippen molar-refractivity contribution in [1.29, 1.82) is 0 Å². The molecule has 0 bridgehead atoms. The maximum Gasteiger partial charge on any atom is 0.334 e. The van der Waals surface area contributed by atoms with E-state index in [-0.39, 0.29) is 12.1 Å². The van der Waals surface area contributed by atoms with Crippen molar-refractivity contribution in [1.82, 2.24) is 5.32 Å². The number of methoxy groups -OCH3 is 1. The third-order valence-electron chi connectivity index (χ3n) is 2.18. The fourth-order valence-corrected chi connectivity index (χ4v) is 1.45. The van der Waals surface area contributed by atoms with E-state index in [2.05, 4.69) is 10.1 Å². The van der Waals surface area contributed by atoms with Gasteiger partial charge in [0.1, 0.15) is 0 Å². The molecular weight excluding hydrogens is 170 g/mol. The number of carbonyl (C=O) groups excluding carboxylic acids is 1. The molecule has 0 amide bonds. The van der Waals surface area contributed by atoms with Crippen LogP contribution in [0.2, 0.25) is 0 Å². The molecule has 1 aliphatic rings. The molecule has 1 aliphatic heterocycles. The topological polar surface area (TPSA) is 47.6 Å². The van der Waals surface area contributed by atoms with E-state index in [1.165, 1.54) is 7.11 Å². The molecule has 1 heterocycles. The fourth-order valence-electron chi connectivity index (χ4n) is 1.45. The highest BCUT2D eigenvalue weighted by atomic mass is 16.6. The summed E-state index contributed by atoms with van der Waals surface area (Å²) in [4.78, 5) is 11.0. The Morgan fingerprint density at radius 2 is 2.38 bits per heavy atom. The Morgan fingerprint density at radius 1 is 1.62 bits per heavy atom. The molecule has 76 valence electrons. The number of esters is 1. The van der Waals surface area contributed by atoms with Crippen LogP contribution in [0.25, 0.3) is 0 Å². The maximum absolute atomic E-state index is 11.0. The minimum Gasteiger partial charge on any atom is -0.467 e. The number of hydrogen-bond donors (Lipinski definition) is 1. The van der Waals surface area contributed by atoms with E-state index in [4.69, 9.17) is 4.74 Å². The molecule has 0 radical (unpaired) electrons. The highest BCUT2D eigenvalue weighted by Crippen LogP contribution is 2.09. The van der Waals surface area contributed by atoms with Crippen LogP contribution in [0.1, 0.15) is 19.8 Å². The van der Waals surface area contributed by atoms with E-state index >= 15 is 0 Å². The van der Waals surface area contributed by atoms with Gasteiger partial charge in [-0.25, -0.2) is 4.79 Å². The summed E-state index contributed by atoms with van der Waals surface area (Å²) in [5.74, 6) is -0.300. The molecule has 1 rings (SSSR count). The summed E-state index contributed by atoms with van der Waals surface area (Å²) < 4.78 is 10.1. The van der Waals surface area contributed by atoms with Crippen LogP contribution in [0, 0.1) is 0 Å². The van der Waals surface area contributed by atoms with Crippen molar-refractivity contribution >= 4 is 5.97 Å². The predicted octanol–water partition coefficient (Wildman–Crippen LogP) is 0.316. The van der Waals surface area contributed by atoms with Gasteiger partial charge in [0.25, 0.3) is 0 Å². The van der Waals surface area contributed by atoms with E-state index in [9.17, 15) is 4.79 Å². The second kappa shape index (κ2) is 5.19. The van der Waals surface area contributed by atoms with Gasteiger partial charge in [0.05, 0.1) is 13.2 Å². The molecular formula is C9H17NO3. The number of nitrogens with one attached hydrogen (secondary N) is 1. The molecule has 0 aromatic rings. The minimum atomic E-state index is -0.449. The standard InChI is InChI=1S/C9H17NO3/c1-7(9(11)12-2)13-8-4-3-5-10-6-8/h7-8,10H,3-6H2,1-2H3. The first-order valence-electron chi connectivity index (χ1n) is 4.68. The number of hydrogen-bond acceptors (Lipinski definition) is 4. The average Bonchev–Trinajstić information content (AvgIpc) is 2.18. The number of piperidine rings is 1. The van der Waals surface area contributed by atoms with Gasteiger partial charge in [-0.2, -0.15) is 0 Å². The van der Waals surface area contributed by atoms with Gasteiger partial charge in [0.2, 0.25) is 0 Å². The van der Waals surface area contributed by atoms with Crippen LogP contribution in [0.15, 0.2) is 0 Å². The summed E-state index contributed by atoms with van der Waals surface area (Å²) in [6.07, 6.45) is 1.84. The summed E-state index contributed by atoms with van der Waals surface area (Å²) in [5, 5.41) is 3.22. The SMILES string of the molecule is COC(=O)C(C)OC1CCCNC1. The fraction of sp³-hybridized carbons (Fsp3) is 0.889. The third kappa shape index (κ3) is 3.32. The number of ether oxygens (including phenoxy) is 2. The Labute approximate surface area is 78.6 Å². The van der Waals surface area contributed by atoms with E-state index in [1.807, 2.05) is 0 Å². The van der Waals surface area contributed by atoms with Crippen molar-refractivity contribution in [3.05, 3.63) is 0 Å². The third-order valence-corrected chi connectivity index (χ3v) is 2.18. The summed E-state index contributed by atoms with van der Waals surface area (Å²) in [6.45, 7) is 3.61.